The summed E-state index contributed by atoms with van der Waals surface area (Å²) in [6.45, 7) is 4.38. The molecule has 0 radical (unpaired) electrons. The first-order chi connectivity index (χ1) is 14.0. The van der Waals surface area contributed by atoms with E-state index in [1.165, 1.54) is 6.07 Å². The Balaban J connectivity index is 1.52. The second kappa shape index (κ2) is 9.96. The normalized spacial score (nSPS) is 15.8. The number of amides is 1. The maximum absolute atomic E-state index is 14.0. The number of benzene rings is 1. The van der Waals surface area contributed by atoms with Gasteiger partial charge in [0.05, 0.1) is 17.8 Å². The molecule has 2 heterocycles. The minimum absolute atomic E-state index is 0.0204. The summed E-state index contributed by atoms with van der Waals surface area (Å²) < 4.78 is 29.9. The van der Waals surface area contributed by atoms with E-state index >= 15 is 0 Å². The predicted octanol–water partition coefficient (Wildman–Crippen LogP) is 2.74. The molecule has 29 heavy (non-hydrogen) atoms. The summed E-state index contributed by atoms with van der Waals surface area (Å²) in [4.78, 5) is 19.1. The Hall–Kier alpha value is -2.29. The van der Waals surface area contributed by atoms with Crippen LogP contribution >= 0.6 is 0 Å². The Labute approximate surface area is 170 Å². The molecule has 1 aliphatic rings. The molecule has 0 bridgehead atoms. The summed E-state index contributed by atoms with van der Waals surface area (Å²) in [5.41, 5.74) is 1.16. The zero-order valence-electron chi connectivity index (χ0n) is 17.1. The molecule has 0 atom stereocenters. The van der Waals surface area contributed by atoms with E-state index in [0.29, 0.717) is 30.3 Å². The third kappa shape index (κ3) is 5.41. The van der Waals surface area contributed by atoms with Gasteiger partial charge in [-0.1, -0.05) is 12.1 Å². The molecule has 1 fully saturated rings. The standard InChI is InChI=1S/C21H28FN3O4/c1-14-18(24-21(29-14)16-6-4-5-7-17(16)22)13-25-10-8-15(9-11-25)20(26)23-12-19(27-2)28-3/h4-7,15,19H,8-13H2,1-3H3,(H,23,26). The van der Waals surface area contributed by atoms with E-state index in [4.69, 9.17) is 13.9 Å². The predicted molar refractivity (Wildman–Crippen MR) is 105 cm³/mol. The quantitative estimate of drug-likeness (QED) is 0.681. The van der Waals surface area contributed by atoms with Gasteiger partial charge in [-0.25, -0.2) is 9.37 Å². The summed E-state index contributed by atoms with van der Waals surface area (Å²) in [6, 6.07) is 6.45. The van der Waals surface area contributed by atoms with Crippen LogP contribution in [0.1, 0.15) is 24.3 Å². The molecule has 158 valence electrons. The number of halogens is 1. The Kier molecular flexibility index (Phi) is 7.35. The number of oxazole rings is 1. The molecule has 0 unspecified atom stereocenters. The van der Waals surface area contributed by atoms with Crippen LogP contribution in [0.25, 0.3) is 11.5 Å². The number of carbonyl (C=O) groups excluding carboxylic acids is 1. The van der Waals surface area contributed by atoms with Crippen molar-refractivity contribution in [1.82, 2.24) is 15.2 Å². The van der Waals surface area contributed by atoms with Gasteiger partial charge in [0.15, 0.2) is 6.29 Å². The van der Waals surface area contributed by atoms with Crippen LogP contribution < -0.4 is 5.32 Å². The molecule has 1 saturated heterocycles. The lowest BCUT2D eigenvalue weighted by atomic mass is 9.96. The molecule has 1 aromatic heterocycles. The van der Waals surface area contributed by atoms with Crippen LogP contribution in [0.3, 0.4) is 0 Å². The van der Waals surface area contributed by atoms with Gasteiger partial charge in [0.2, 0.25) is 11.8 Å². The second-order valence-electron chi connectivity index (χ2n) is 7.20. The highest BCUT2D eigenvalue weighted by molar-refractivity contribution is 5.78. The number of likely N-dealkylation sites (tertiary alicyclic amines) is 1. The van der Waals surface area contributed by atoms with Gasteiger partial charge in [0, 0.05) is 26.7 Å². The highest BCUT2D eigenvalue weighted by Crippen LogP contribution is 2.26. The number of nitrogens with zero attached hydrogens (tertiary/aromatic N) is 2. The molecule has 1 aliphatic heterocycles. The van der Waals surface area contributed by atoms with E-state index in [2.05, 4.69) is 15.2 Å². The lowest BCUT2D eigenvalue weighted by Crippen LogP contribution is -2.42. The van der Waals surface area contributed by atoms with Crippen molar-refractivity contribution in [2.75, 3.05) is 33.9 Å². The topological polar surface area (TPSA) is 76.8 Å². The Morgan fingerprint density at radius 1 is 1.31 bits per heavy atom. The van der Waals surface area contributed by atoms with Crippen LogP contribution in [0.15, 0.2) is 28.7 Å². The number of aryl methyl sites for hydroxylation is 1. The molecule has 1 N–H and O–H groups in total. The lowest BCUT2D eigenvalue weighted by Gasteiger charge is -2.31. The van der Waals surface area contributed by atoms with Gasteiger partial charge in [-0.3, -0.25) is 9.69 Å². The number of hydrogen-bond acceptors (Lipinski definition) is 6. The third-order valence-electron chi connectivity index (χ3n) is 5.30. The minimum atomic E-state index is -0.433. The SMILES string of the molecule is COC(CNC(=O)C1CCN(Cc2nc(-c3ccccc3F)oc2C)CC1)OC. The monoisotopic (exact) mass is 405 g/mol. The second-order valence-corrected chi connectivity index (χ2v) is 7.20. The molecule has 0 spiro atoms. The highest BCUT2D eigenvalue weighted by atomic mass is 19.1. The van der Waals surface area contributed by atoms with Gasteiger partial charge in [0.25, 0.3) is 0 Å². The van der Waals surface area contributed by atoms with Crippen molar-refractivity contribution in [2.45, 2.75) is 32.6 Å². The van der Waals surface area contributed by atoms with Crippen molar-refractivity contribution in [3.05, 3.63) is 41.5 Å². The van der Waals surface area contributed by atoms with E-state index in [1.807, 2.05) is 6.92 Å². The molecule has 8 heteroatoms. The van der Waals surface area contributed by atoms with Crippen LogP contribution in [0.2, 0.25) is 0 Å². The van der Waals surface area contributed by atoms with Gasteiger partial charge in [-0.2, -0.15) is 0 Å². The van der Waals surface area contributed by atoms with Crippen molar-refractivity contribution >= 4 is 5.91 Å². The van der Waals surface area contributed by atoms with Crippen LogP contribution in [0.4, 0.5) is 4.39 Å². The fourth-order valence-corrected chi connectivity index (χ4v) is 3.48. The number of rotatable bonds is 8. The number of nitrogens with one attached hydrogen (secondary N) is 1. The van der Waals surface area contributed by atoms with Crippen molar-refractivity contribution in [3.63, 3.8) is 0 Å². The molecule has 1 aromatic carbocycles. The van der Waals surface area contributed by atoms with Gasteiger partial charge in [0.1, 0.15) is 11.6 Å². The van der Waals surface area contributed by atoms with Crippen LogP contribution in [-0.4, -0.2) is 55.9 Å². The zero-order valence-corrected chi connectivity index (χ0v) is 17.1. The molecule has 7 nitrogen and oxygen atoms in total. The Morgan fingerprint density at radius 3 is 2.66 bits per heavy atom. The summed E-state index contributed by atoms with van der Waals surface area (Å²) in [5.74, 6) is 0.650. The maximum Gasteiger partial charge on any atom is 0.229 e. The van der Waals surface area contributed by atoms with E-state index in [9.17, 15) is 9.18 Å². The van der Waals surface area contributed by atoms with Crippen molar-refractivity contribution in [2.24, 2.45) is 5.92 Å². The Bertz CT molecular complexity index is 814. The maximum atomic E-state index is 14.0. The molecule has 0 aliphatic carbocycles. The number of aromatic nitrogens is 1. The number of ether oxygens (including phenoxy) is 2. The number of piperidine rings is 1. The van der Waals surface area contributed by atoms with Gasteiger partial charge in [-0.15, -0.1) is 0 Å². The third-order valence-corrected chi connectivity index (χ3v) is 5.30. The first kappa shape index (κ1) is 21.4. The van der Waals surface area contributed by atoms with Crippen LogP contribution in [-0.2, 0) is 20.8 Å². The minimum Gasteiger partial charge on any atom is -0.441 e. The van der Waals surface area contributed by atoms with Gasteiger partial charge in [-0.05, 0) is 45.0 Å². The number of methoxy groups -OCH3 is 2. The van der Waals surface area contributed by atoms with Gasteiger partial charge < -0.3 is 19.2 Å². The summed E-state index contributed by atoms with van der Waals surface area (Å²) in [5, 5.41) is 2.88. The molecule has 1 amide bonds. The van der Waals surface area contributed by atoms with E-state index in [0.717, 1.165) is 31.6 Å². The van der Waals surface area contributed by atoms with Crippen molar-refractivity contribution in [3.8, 4) is 11.5 Å². The van der Waals surface area contributed by atoms with Gasteiger partial charge >= 0.3 is 0 Å². The Morgan fingerprint density at radius 2 is 2.00 bits per heavy atom. The molecular formula is C21H28FN3O4. The lowest BCUT2D eigenvalue weighted by molar-refractivity contribution is -0.132. The first-order valence-electron chi connectivity index (χ1n) is 9.78. The molecule has 0 saturated carbocycles. The fraction of sp³-hybridized carbons (Fsp3) is 0.524. The smallest absolute Gasteiger partial charge is 0.229 e. The number of hydrogen-bond donors (Lipinski definition) is 1. The molecular weight excluding hydrogens is 377 g/mol. The molecule has 2 aromatic rings. The molecule has 3 rings (SSSR count). The highest BCUT2D eigenvalue weighted by Gasteiger charge is 2.26. The summed E-state index contributed by atoms with van der Waals surface area (Å²) >= 11 is 0. The average Bonchev–Trinajstić information content (AvgIpc) is 3.09. The number of carbonyl (C=O) groups is 1. The fourth-order valence-electron chi connectivity index (χ4n) is 3.48. The van der Waals surface area contributed by atoms with E-state index in [1.54, 1.807) is 32.4 Å². The van der Waals surface area contributed by atoms with Crippen LogP contribution in [0.5, 0.6) is 0 Å². The zero-order chi connectivity index (χ0) is 20.8. The first-order valence-corrected chi connectivity index (χ1v) is 9.78. The average molecular weight is 405 g/mol. The van der Waals surface area contributed by atoms with E-state index in [-0.39, 0.29) is 17.6 Å². The van der Waals surface area contributed by atoms with E-state index < -0.39 is 6.29 Å². The summed E-state index contributed by atoms with van der Waals surface area (Å²) in [6.07, 6.45) is 1.11. The van der Waals surface area contributed by atoms with Crippen molar-refractivity contribution < 1.29 is 23.1 Å². The largest absolute Gasteiger partial charge is 0.441 e. The van der Waals surface area contributed by atoms with Crippen LogP contribution in [0, 0.1) is 18.7 Å². The summed E-state index contributed by atoms with van der Waals surface area (Å²) in [7, 11) is 3.09. The van der Waals surface area contributed by atoms with Crippen molar-refractivity contribution in [1.29, 1.82) is 0 Å².